The molecular formula is C17H24N2O5. The van der Waals surface area contributed by atoms with E-state index in [9.17, 15) is 14.4 Å². The second-order valence-corrected chi connectivity index (χ2v) is 5.12. The summed E-state index contributed by atoms with van der Waals surface area (Å²) in [6.07, 6.45) is 0.0313. The first-order chi connectivity index (χ1) is 11.5. The summed E-state index contributed by atoms with van der Waals surface area (Å²) in [4.78, 5) is 35.6. The first kappa shape index (κ1) is 19.6. The molecule has 0 radical (unpaired) electrons. The zero-order valence-electron chi connectivity index (χ0n) is 14.0. The van der Waals surface area contributed by atoms with E-state index in [1.54, 1.807) is 13.8 Å². The van der Waals surface area contributed by atoms with Crippen LogP contribution in [0.2, 0.25) is 0 Å². The van der Waals surface area contributed by atoms with Crippen molar-refractivity contribution in [2.45, 2.75) is 38.8 Å². The molecule has 0 saturated carbocycles. The van der Waals surface area contributed by atoms with Crippen LogP contribution in [0.15, 0.2) is 30.3 Å². The maximum Gasteiger partial charge on any atom is 0.328 e. The Balaban J connectivity index is 2.68. The molecule has 3 N–H and O–H groups in total. The van der Waals surface area contributed by atoms with Gasteiger partial charge in [0.05, 0.1) is 19.6 Å². The van der Waals surface area contributed by atoms with E-state index in [0.717, 1.165) is 5.56 Å². The summed E-state index contributed by atoms with van der Waals surface area (Å²) < 4.78 is 9.75. The maximum absolute atomic E-state index is 12.1. The molecule has 0 aliphatic rings. The lowest BCUT2D eigenvalue weighted by molar-refractivity contribution is -0.148. The Hall–Kier alpha value is -2.41. The predicted octanol–water partition coefficient (Wildman–Crippen LogP) is 0.558. The average molecular weight is 336 g/mol. The largest absolute Gasteiger partial charge is 0.465 e. The van der Waals surface area contributed by atoms with Gasteiger partial charge in [0.25, 0.3) is 0 Å². The van der Waals surface area contributed by atoms with Crippen molar-refractivity contribution in [1.29, 1.82) is 0 Å². The van der Waals surface area contributed by atoms with Crippen LogP contribution in [0.25, 0.3) is 0 Å². The van der Waals surface area contributed by atoms with Crippen LogP contribution < -0.4 is 11.1 Å². The van der Waals surface area contributed by atoms with Gasteiger partial charge >= 0.3 is 11.9 Å². The van der Waals surface area contributed by atoms with Crippen LogP contribution in [-0.2, 0) is 30.3 Å². The minimum atomic E-state index is -1.07. The standard InChI is InChI=1S/C17H24N2O5/c1-3-23-16(21)13(18)11-15(20)19-14(17(22)24-4-2)10-12-8-6-5-7-9-12/h5-9,13-14H,3-4,10-11,18H2,1-2H3,(H,19,20)/t13-,14-/m0/s1. The van der Waals surface area contributed by atoms with Gasteiger partial charge in [-0.2, -0.15) is 0 Å². The van der Waals surface area contributed by atoms with Crippen LogP contribution in [0.4, 0.5) is 0 Å². The molecule has 1 aromatic carbocycles. The van der Waals surface area contributed by atoms with Gasteiger partial charge in [-0.15, -0.1) is 0 Å². The third-order valence-corrected chi connectivity index (χ3v) is 3.18. The lowest BCUT2D eigenvalue weighted by Crippen LogP contribution is -2.46. The number of hydrogen-bond donors (Lipinski definition) is 2. The van der Waals surface area contributed by atoms with E-state index in [0.29, 0.717) is 6.42 Å². The van der Waals surface area contributed by atoms with Gasteiger partial charge in [-0.25, -0.2) is 4.79 Å². The zero-order chi connectivity index (χ0) is 17.9. The van der Waals surface area contributed by atoms with Gasteiger partial charge < -0.3 is 20.5 Å². The van der Waals surface area contributed by atoms with Crippen molar-refractivity contribution < 1.29 is 23.9 Å². The normalized spacial score (nSPS) is 12.8. The number of hydrogen-bond acceptors (Lipinski definition) is 6. The Bertz CT molecular complexity index is 547. The first-order valence-corrected chi connectivity index (χ1v) is 7.90. The number of nitrogens with one attached hydrogen (secondary N) is 1. The first-order valence-electron chi connectivity index (χ1n) is 7.90. The van der Waals surface area contributed by atoms with Gasteiger partial charge in [0.2, 0.25) is 5.91 Å². The van der Waals surface area contributed by atoms with E-state index < -0.39 is 29.9 Å². The summed E-state index contributed by atoms with van der Waals surface area (Å²) in [7, 11) is 0. The molecule has 132 valence electrons. The molecule has 1 amide bonds. The minimum absolute atomic E-state index is 0.188. The molecule has 0 saturated heterocycles. The summed E-state index contributed by atoms with van der Waals surface area (Å²) in [5.41, 5.74) is 6.50. The van der Waals surface area contributed by atoms with E-state index >= 15 is 0 Å². The number of esters is 2. The fraction of sp³-hybridized carbons (Fsp3) is 0.471. The molecule has 24 heavy (non-hydrogen) atoms. The Morgan fingerprint density at radius 1 is 1.04 bits per heavy atom. The van der Waals surface area contributed by atoms with Crippen molar-refractivity contribution in [2.24, 2.45) is 5.73 Å². The van der Waals surface area contributed by atoms with Crippen LogP contribution in [0.1, 0.15) is 25.8 Å². The van der Waals surface area contributed by atoms with Crippen molar-refractivity contribution in [3.63, 3.8) is 0 Å². The van der Waals surface area contributed by atoms with Gasteiger partial charge in [0.1, 0.15) is 12.1 Å². The molecule has 0 aromatic heterocycles. The van der Waals surface area contributed by atoms with Crippen LogP contribution in [0.3, 0.4) is 0 Å². The highest BCUT2D eigenvalue weighted by Gasteiger charge is 2.25. The van der Waals surface area contributed by atoms with Gasteiger partial charge in [-0.3, -0.25) is 9.59 Å². The Kier molecular flexibility index (Phi) is 8.49. The molecule has 7 nitrogen and oxygen atoms in total. The third-order valence-electron chi connectivity index (χ3n) is 3.18. The summed E-state index contributed by atoms with van der Waals surface area (Å²) in [5, 5.41) is 2.58. The summed E-state index contributed by atoms with van der Waals surface area (Å²) in [5.74, 6) is -1.69. The van der Waals surface area contributed by atoms with Gasteiger partial charge in [-0.05, 0) is 19.4 Å². The highest BCUT2D eigenvalue weighted by Crippen LogP contribution is 2.06. The molecule has 0 heterocycles. The quantitative estimate of drug-likeness (QED) is 0.638. The molecule has 0 aliphatic heterocycles. The lowest BCUT2D eigenvalue weighted by atomic mass is 10.1. The molecule has 0 aliphatic carbocycles. The number of ether oxygens (including phenoxy) is 2. The predicted molar refractivity (Wildman–Crippen MR) is 87.9 cm³/mol. The van der Waals surface area contributed by atoms with Crippen molar-refractivity contribution in [3.05, 3.63) is 35.9 Å². The van der Waals surface area contributed by atoms with Crippen molar-refractivity contribution in [1.82, 2.24) is 5.32 Å². The second-order valence-electron chi connectivity index (χ2n) is 5.12. The molecule has 0 bridgehead atoms. The van der Waals surface area contributed by atoms with Crippen LogP contribution >= 0.6 is 0 Å². The monoisotopic (exact) mass is 336 g/mol. The fourth-order valence-electron chi connectivity index (χ4n) is 2.07. The Labute approximate surface area is 141 Å². The van der Waals surface area contributed by atoms with E-state index in [2.05, 4.69) is 5.32 Å². The maximum atomic E-state index is 12.1. The van der Waals surface area contributed by atoms with Gasteiger partial charge in [0.15, 0.2) is 0 Å². The molecule has 0 fully saturated rings. The Morgan fingerprint density at radius 2 is 1.62 bits per heavy atom. The SMILES string of the molecule is CCOC(=O)[C@H](Cc1ccccc1)NC(=O)C[C@H](N)C(=O)OCC. The highest BCUT2D eigenvalue weighted by molar-refractivity contribution is 5.88. The molecule has 0 unspecified atom stereocenters. The van der Waals surface area contributed by atoms with Gasteiger partial charge in [0, 0.05) is 6.42 Å². The van der Waals surface area contributed by atoms with Crippen molar-refractivity contribution >= 4 is 17.8 Å². The smallest absolute Gasteiger partial charge is 0.328 e. The summed E-state index contributed by atoms with van der Waals surface area (Å²) in [6, 6.07) is 7.34. The Morgan fingerprint density at radius 3 is 2.21 bits per heavy atom. The number of carbonyl (C=O) groups is 3. The van der Waals surface area contributed by atoms with Crippen LogP contribution in [0, 0.1) is 0 Å². The molecule has 1 rings (SSSR count). The molecule has 0 spiro atoms. The summed E-state index contributed by atoms with van der Waals surface area (Å²) in [6.45, 7) is 3.74. The number of carbonyl (C=O) groups excluding carboxylic acids is 3. The van der Waals surface area contributed by atoms with Crippen molar-refractivity contribution in [2.75, 3.05) is 13.2 Å². The van der Waals surface area contributed by atoms with Crippen LogP contribution in [0.5, 0.6) is 0 Å². The van der Waals surface area contributed by atoms with Crippen molar-refractivity contribution in [3.8, 4) is 0 Å². The van der Waals surface area contributed by atoms with E-state index in [4.69, 9.17) is 15.2 Å². The second kappa shape index (κ2) is 10.4. The molecule has 2 atom stereocenters. The fourth-order valence-corrected chi connectivity index (χ4v) is 2.07. The number of amides is 1. The number of rotatable bonds is 9. The topological polar surface area (TPSA) is 108 Å². The van der Waals surface area contributed by atoms with E-state index in [1.165, 1.54) is 0 Å². The third kappa shape index (κ3) is 6.78. The van der Waals surface area contributed by atoms with Gasteiger partial charge in [-0.1, -0.05) is 30.3 Å². The molecule has 7 heteroatoms. The number of benzene rings is 1. The average Bonchev–Trinajstić information content (AvgIpc) is 2.55. The van der Waals surface area contributed by atoms with Crippen LogP contribution in [-0.4, -0.2) is 43.1 Å². The zero-order valence-corrected chi connectivity index (χ0v) is 14.0. The number of nitrogens with two attached hydrogens (primary N) is 1. The highest BCUT2D eigenvalue weighted by atomic mass is 16.5. The van der Waals surface area contributed by atoms with E-state index in [-0.39, 0.29) is 19.6 Å². The minimum Gasteiger partial charge on any atom is -0.465 e. The molecule has 1 aromatic rings. The summed E-state index contributed by atoms with van der Waals surface area (Å²) >= 11 is 0. The van der Waals surface area contributed by atoms with E-state index in [1.807, 2.05) is 30.3 Å². The molecular weight excluding hydrogens is 312 g/mol. The lowest BCUT2D eigenvalue weighted by Gasteiger charge is -2.18.